The van der Waals surface area contributed by atoms with E-state index in [-0.39, 0.29) is 12.7 Å². The van der Waals surface area contributed by atoms with Gasteiger partial charge in [-0.25, -0.2) is 4.98 Å². The van der Waals surface area contributed by atoms with Crippen LogP contribution in [0.15, 0.2) is 18.3 Å². The summed E-state index contributed by atoms with van der Waals surface area (Å²) in [6.45, 7) is 2.49. The highest BCUT2D eigenvalue weighted by atomic mass is 35.5. The molecule has 20 heavy (non-hydrogen) atoms. The van der Waals surface area contributed by atoms with Crippen molar-refractivity contribution in [1.29, 1.82) is 0 Å². The molecule has 1 N–H and O–H groups in total. The molecule has 1 aliphatic rings. The second-order valence-corrected chi connectivity index (χ2v) is 5.95. The summed E-state index contributed by atoms with van der Waals surface area (Å²) in [6.07, 6.45) is 1.76. The number of carbonyl (C=O) groups excluding carboxylic acids is 1. The summed E-state index contributed by atoms with van der Waals surface area (Å²) in [6, 6.07) is 3.20. The number of nitrogens with one attached hydrogen (secondary N) is 1. The van der Waals surface area contributed by atoms with Gasteiger partial charge in [0.2, 0.25) is 6.79 Å². The molecule has 0 saturated heterocycles. The SMILES string of the molecule is Cc1ncc(CNC(=O)c2cc(Cl)c3c(c2)OCO3)s1. The van der Waals surface area contributed by atoms with Crippen LogP contribution in [0.3, 0.4) is 0 Å². The predicted octanol–water partition coefficient (Wildman–Crippen LogP) is 2.76. The van der Waals surface area contributed by atoms with Gasteiger partial charge in [-0.2, -0.15) is 0 Å². The lowest BCUT2D eigenvalue weighted by Crippen LogP contribution is -2.22. The van der Waals surface area contributed by atoms with E-state index in [1.54, 1.807) is 29.7 Å². The number of rotatable bonds is 3. The second kappa shape index (κ2) is 5.30. The number of thiazole rings is 1. The number of carbonyl (C=O) groups is 1. The van der Waals surface area contributed by atoms with Crippen LogP contribution in [0, 0.1) is 6.92 Å². The van der Waals surface area contributed by atoms with E-state index in [9.17, 15) is 4.79 Å². The van der Waals surface area contributed by atoms with Gasteiger partial charge in [0.1, 0.15) is 0 Å². The topological polar surface area (TPSA) is 60.5 Å². The lowest BCUT2D eigenvalue weighted by atomic mass is 10.2. The molecule has 1 aromatic heterocycles. The Labute approximate surface area is 124 Å². The average molecular weight is 311 g/mol. The molecule has 5 nitrogen and oxygen atoms in total. The molecule has 104 valence electrons. The van der Waals surface area contributed by atoms with Crippen LogP contribution in [0.2, 0.25) is 5.02 Å². The normalized spacial score (nSPS) is 12.5. The number of aromatic nitrogens is 1. The maximum atomic E-state index is 12.1. The Balaban J connectivity index is 1.73. The van der Waals surface area contributed by atoms with Gasteiger partial charge in [-0.3, -0.25) is 4.79 Å². The molecule has 0 radical (unpaired) electrons. The fourth-order valence-corrected chi connectivity index (χ4v) is 2.85. The first-order valence-electron chi connectivity index (χ1n) is 5.92. The molecule has 0 spiro atoms. The van der Waals surface area contributed by atoms with Crippen LogP contribution in [0.4, 0.5) is 0 Å². The molecule has 0 bridgehead atoms. The number of halogens is 1. The van der Waals surface area contributed by atoms with E-state index in [1.165, 1.54) is 0 Å². The molecule has 3 rings (SSSR count). The van der Waals surface area contributed by atoms with Crippen molar-refractivity contribution >= 4 is 28.8 Å². The Bertz CT molecular complexity index is 672. The van der Waals surface area contributed by atoms with Gasteiger partial charge in [-0.15, -0.1) is 11.3 Å². The smallest absolute Gasteiger partial charge is 0.251 e. The van der Waals surface area contributed by atoms with Crippen LogP contribution in [-0.4, -0.2) is 17.7 Å². The standard InChI is InChI=1S/C13H11ClN2O3S/c1-7-15-4-9(20-7)5-16-13(17)8-2-10(14)12-11(3-8)18-6-19-12/h2-4H,5-6H2,1H3,(H,16,17). The summed E-state index contributed by atoms with van der Waals surface area (Å²) in [5.41, 5.74) is 0.445. The van der Waals surface area contributed by atoms with Crippen LogP contribution in [0.25, 0.3) is 0 Å². The minimum Gasteiger partial charge on any atom is -0.454 e. The summed E-state index contributed by atoms with van der Waals surface area (Å²) in [7, 11) is 0. The quantitative estimate of drug-likeness (QED) is 0.947. The first-order valence-corrected chi connectivity index (χ1v) is 7.11. The van der Waals surface area contributed by atoms with E-state index in [2.05, 4.69) is 10.3 Å². The molecular formula is C13H11ClN2O3S. The van der Waals surface area contributed by atoms with Gasteiger partial charge in [-0.05, 0) is 19.1 Å². The van der Waals surface area contributed by atoms with Gasteiger partial charge < -0.3 is 14.8 Å². The van der Waals surface area contributed by atoms with Crippen molar-refractivity contribution in [1.82, 2.24) is 10.3 Å². The largest absolute Gasteiger partial charge is 0.454 e. The zero-order valence-corrected chi connectivity index (χ0v) is 12.2. The van der Waals surface area contributed by atoms with Gasteiger partial charge in [-0.1, -0.05) is 11.6 Å². The maximum Gasteiger partial charge on any atom is 0.251 e. The molecule has 1 amide bonds. The number of aryl methyl sites for hydroxylation is 1. The van der Waals surface area contributed by atoms with Gasteiger partial charge in [0.25, 0.3) is 5.91 Å². The van der Waals surface area contributed by atoms with Crippen LogP contribution in [0.5, 0.6) is 11.5 Å². The van der Waals surface area contributed by atoms with Gasteiger partial charge >= 0.3 is 0 Å². The van der Waals surface area contributed by atoms with E-state index in [0.29, 0.717) is 28.6 Å². The van der Waals surface area contributed by atoms with Crippen molar-refractivity contribution in [3.8, 4) is 11.5 Å². The monoisotopic (exact) mass is 310 g/mol. The summed E-state index contributed by atoms with van der Waals surface area (Å²) >= 11 is 7.60. The molecule has 7 heteroatoms. The average Bonchev–Trinajstić information content (AvgIpc) is 3.04. The number of ether oxygens (including phenoxy) is 2. The third-order valence-corrected chi connectivity index (χ3v) is 3.98. The van der Waals surface area contributed by atoms with Crippen LogP contribution in [0.1, 0.15) is 20.2 Å². The molecule has 0 aliphatic carbocycles. The third kappa shape index (κ3) is 2.57. The molecule has 0 fully saturated rings. The Morgan fingerprint density at radius 1 is 1.50 bits per heavy atom. The minimum atomic E-state index is -0.212. The summed E-state index contributed by atoms with van der Waals surface area (Å²) in [5, 5.41) is 4.17. The summed E-state index contributed by atoms with van der Waals surface area (Å²) < 4.78 is 10.4. The molecule has 0 saturated carbocycles. The predicted molar refractivity (Wildman–Crippen MR) is 75.6 cm³/mol. The second-order valence-electron chi connectivity index (χ2n) is 4.22. The molecule has 1 aliphatic heterocycles. The van der Waals surface area contributed by atoms with Crippen LogP contribution < -0.4 is 14.8 Å². The van der Waals surface area contributed by atoms with E-state index in [1.807, 2.05) is 6.92 Å². The highest BCUT2D eigenvalue weighted by Crippen LogP contribution is 2.39. The number of amides is 1. The first kappa shape index (κ1) is 13.2. The van der Waals surface area contributed by atoms with Crippen LogP contribution >= 0.6 is 22.9 Å². The van der Waals surface area contributed by atoms with Gasteiger partial charge in [0.05, 0.1) is 16.6 Å². The number of fused-ring (bicyclic) bond motifs is 1. The Morgan fingerprint density at radius 3 is 3.10 bits per heavy atom. The lowest BCUT2D eigenvalue weighted by Gasteiger charge is -2.06. The minimum absolute atomic E-state index is 0.125. The van der Waals surface area contributed by atoms with Crippen molar-refractivity contribution in [3.63, 3.8) is 0 Å². The van der Waals surface area contributed by atoms with Crippen molar-refractivity contribution in [2.45, 2.75) is 13.5 Å². The zero-order chi connectivity index (χ0) is 14.1. The summed E-state index contributed by atoms with van der Waals surface area (Å²) in [5.74, 6) is 0.772. The van der Waals surface area contributed by atoms with Crippen LogP contribution in [-0.2, 0) is 6.54 Å². The number of nitrogens with zero attached hydrogens (tertiary/aromatic N) is 1. The molecule has 1 aromatic carbocycles. The highest BCUT2D eigenvalue weighted by Gasteiger charge is 2.20. The van der Waals surface area contributed by atoms with Gasteiger partial charge in [0, 0.05) is 16.6 Å². The van der Waals surface area contributed by atoms with Crippen molar-refractivity contribution in [2.75, 3.05) is 6.79 Å². The maximum absolute atomic E-state index is 12.1. The Kier molecular flexibility index (Phi) is 3.50. The van der Waals surface area contributed by atoms with E-state index in [0.717, 1.165) is 9.88 Å². The van der Waals surface area contributed by atoms with Crippen molar-refractivity contribution in [3.05, 3.63) is 38.8 Å². The zero-order valence-electron chi connectivity index (χ0n) is 10.6. The molecular weight excluding hydrogens is 300 g/mol. The lowest BCUT2D eigenvalue weighted by molar-refractivity contribution is 0.0951. The van der Waals surface area contributed by atoms with Gasteiger partial charge in [0.15, 0.2) is 11.5 Å². The number of benzene rings is 1. The molecule has 2 aromatic rings. The molecule has 2 heterocycles. The molecule has 0 atom stereocenters. The highest BCUT2D eigenvalue weighted by molar-refractivity contribution is 7.11. The Hall–Kier alpha value is -1.79. The first-order chi connectivity index (χ1) is 9.63. The Morgan fingerprint density at radius 2 is 2.35 bits per heavy atom. The molecule has 0 unspecified atom stereocenters. The van der Waals surface area contributed by atoms with Crippen molar-refractivity contribution < 1.29 is 14.3 Å². The fourth-order valence-electron chi connectivity index (χ4n) is 1.85. The third-order valence-electron chi connectivity index (χ3n) is 2.78. The van der Waals surface area contributed by atoms with E-state index < -0.39 is 0 Å². The van der Waals surface area contributed by atoms with E-state index in [4.69, 9.17) is 21.1 Å². The summed E-state index contributed by atoms with van der Waals surface area (Å²) in [4.78, 5) is 17.2. The van der Waals surface area contributed by atoms with Crippen molar-refractivity contribution in [2.24, 2.45) is 0 Å². The number of hydrogen-bond donors (Lipinski definition) is 1. The van der Waals surface area contributed by atoms with E-state index >= 15 is 0 Å². The number of hydrogen-bond acceptors (Lipinski definition) is 5. The fraction of sp³-hybridized carbons (Fsp3) is 0.231.